The van der Waals surface area contributed by atoms with E-state index in [9.17, 15) is 13.2 Å². The van der Waals surface area contributed by atoms with Crippen molar-refractivity contribution >= 4 is 38.9 Å². The number of nitrogens with two attached hydrogens (primary N) is 1. The molecule has 12 heteroatoms. The van der Waals surface area contributed by atoms with Crippen molar-refractivity contribution in [1.82, 2.24) is 9.62 Å². The third kappa shape index (κ3) is 7.82. The van der Waals surface area contributed by atoms with Gasteiger partial charge in [0, 0.05) is 34.6 Å². The Hall–Kier alpha value is -2.41. The van der Waals surface area contributed by atoms with Gasteiger partial charge in [0.15, 0.2) is 6.04 Å². The van der Waals surface area contributed by atoms with Crippen LogP contribution in [-0.2, 0) is 32.1 Å². The van der Waals surface area contributed by atoms with Crippen LogP contribution in [0.1, 0.15) is 55.4 Å². The van der Waals surface area contributed by atoms with Crippen LogP contribution in [0.4, 0.5) is 8.78 Å². The van der Waals surface area contributed by atoms with E-state index in [0.717, 1.165) is 42.6 Å². The van der Waals surface area contributed by atoms with Crippen LogP contribution in [0.5, 0.6) is 0 Å². The highest BCUT2D eigenvalue weighted by molar-refractivity contribution is 7.91. The summed E-state index contributed by atoms with van der Waals surface area (Å²) in [5, 5.41) is 0.550. The number of thiophene rings is 1. The molecule has 43 heavy (non-hydrogen) atoms. The molecule has 2 aliphatic rings. The molecule has 3 N–H and O–H groups in total. The number of nitrogens with one attached hydrogen (secondary N) is 1. The van der Waals surface area contributed by atoms with Gasteiger partial charge in [-0.25, -0.2) is 8.42 Å². The van der Waals surface area contributed by atoms with E-state index in [1.807, 2.05) is 0 Å². The minimum absolute atomic E-state index is 0.137. The molecule has 1 saturated carbocycles. The van der Waals surface area contributed by atoms with E-state index in [-0.39, 0.29) is 36.1 Å². The molecule has 7 nitrogen and oxygen atoms in total. The average molecular weight is 652 g/mol. The second-order valence-electron chi connectivity index (χ2n) is 11.2. The predicted octanol–water partition coefficient (Wildman–Crippen LogP) is 6.31. The lowest BCUT2D eigenvalue weighted by molar-refractivity contribution is -0.145. The largest absolute Gasteiger partial charge is 0.373 e. The maximum absolute atomic E-state index is 16.2. The molecule has 0 unspecified atom stereocenters. The predicted molar refractivity (Wildman–Crippen MR) is 165 cm³/mol. The van der Waals surface area contributed by atoms with Crippen molar-refractivity contribution in [2.24, 2.45) is 5.73 Å². The first kappa shape index (κ1) is 32.0. The molecule has 0 radical (unpaired) electrons. The summed E-state index contributed by atoms with van der Waals surface area (Å²) in [6.45, 7) is 0.592. The van der Waals surface area contributed by atoms with E-state index < -0.39 is 33.5 Å². The maximum Gasteiger partial charge on any atom is 0.298 e. The number of nitrogens with zero attached hydrogens (tertiary/aromatic N) is 1. The minimum Gasteiger partial charge on any atom is -0.373 e. The maximum atomic E-state index is 16.2. The van der Waals surface area contributed by atoms with Crippen molar-refractivity contribution in [1.29, 1.82) is 0 Å². The number of rotatable bonds is 10. The van der Waals surface area contributed by atoms with Gasteiger partial charge in [-0.2, -0.15) is 13.5 Å². The lowest BCUT2D eigenvalue weighted by atomic mass is 9.96. The van der Waals surface area contributed by atoms with Gasteiger partial charge >= 0.3 is 0 Å². The van der Waals surface area contributed by atoms with E-state index in [1.165, 1.54) is 41.7 Å². The van der Waals surface area contributed by atoms with Gasteiger partial charge < -0.3 is 15.4 Å². The van der Waals surface area contributed by atoms with Crippen molar-refractivity contribution in [3.63, 3.8) is 0 Å². The molecule has 2 aromatic carbocycles. The van der Waals surface area contributed by atoms with Gasteiger partial charge in [-0.1, -0.05) is 67.3 Å². The summed E-state index contributed by atoms with van der Waals surface area (Å²) in [5.74, 6) is -4.84. The first-order chi connectivity index (χ1) is 20.5. The van der Waals surface area contributed by atoms with Crippen LogP contribution in [0.3, 0.4) is 0 Å². The molecule has 1 saturated heterocycles. The monoisotopic (exact) mass is 651 g/mol. The standard InChI is InChI=1S/C31H36ClF2N3O4S2/c32-24-12-8-22(9-13-24)21-6-10-23(11-7-21)31(33,34)29(30(38)37-18-16-25(35)17-19-37)36-43(39,40)28-15-14-27(42-28)20-41-26-4-2-1-3-5-26/h6-15,25-26,29,36H,1-5,16-20,35H2/t29-/m1/s1. The topological polar surface area (TPSA) is 102 Å². The van der Waals surface area contributed by atoms with Crippen LogP contribution in [-0.4, -0.2) is 50.5 Å². The van der Waals surface area contributed by atoms with Gasteiger partial charge in [0.1, 0.15) is 4.21 Å². The van der Waals surface area contributed by atoms with E-state index >= 15 is 8.78 Å². The lowest BCUT2D eigenvalue weighted by Gasteiger charge is -2.35. The fourth-order valence-electron chi connectivity index (χ4n) is 5.50. The summed E-state index contributed by atoms with van der Waals surface area (Å²) in [6, 6.07) is 12.9. The van der Waals surface area contributed by atoms with Crippen molar-refractivity contribution < 1.29 is 26.7 Å². The van der Waals surface area contributed by atoms with Crippen LogP contribution in [0, 0.1) is 0 Å². The second kappa shape index (κ2) is 13.7. The Morgan fingerprint density at radius 3 is 2.21 bits per heavy atom. The number of carbonyl (C=O) groups is 1. The fourth-order valence-corrected chi connectivity index (χ4v) is 8.11. The van der Waals surface area contributed by atoms with Gasteiger partial charge in [-0.15, -0.1) is 11.3 Å². The zero-order valence-corrected chi connectivity index (χ0v) is 26.1. The molecule has 5 rings (SSSR count). The SMILES string of the molecule is NC1CCN(C(=O)[C@@H](NS(=O)(=O)c2ccc(COC3CCCCC3)s2)C(F)(F)c2ccc(-c3ccc(Cl)cc3)cc2)CC1. The number of ether oxygens (including phenoxy) is 1. The molecule has 0 spiro atoms. The van der Waals surface area contributed by atoms with E-state index in [0.29, 0.717) is 28.3 Å². The Balaban J connectivity index is 1.38. The Bertz CT molecular complexity index is 1490. The second-order valence-corrected chi connectivity index (χ2v) is 14.8. The highest BCUT2D eigenvalue weighted by Crippen LogP contribution is 2.36. The molecule has 2 heterocycles. The normalized spacial score (nSPS) is 18.1. The molecule has 1 amide bonds. The molecule has 1 aliphatic carbocycles. The van der Waals surface area contributed by atoms with Crippen molar-refractivity contribution in [2.75, 3.05) is 13.1 Å². The van der Waals surface area contributed by atoms with E-state index in [1.54, 1.807) is 30.3 Å². The fraction of sp³-hybridized carbons (Fsp3) is 0.452. The summed E-state index contributed by atoms with van der Waals surface area (Å²) in [7, 11) is -4.47. The Kier molecular flexibility index (Phi) is 10.2. The van der Waals surface area contributed by atoms with Crippen LogP contribution < -0.4 is 10.5 Å². The van der Waals surface area contributed by atoms with Crippen molar-refractivity contribution in [2.45, 2.75) is 79.9 Å². The number of hydrogen-bond donors (Lipinski definition) is 2. The minimum atomic E-state index is -4.47. The molecule has 1 atom stereocenters. The highest BCUT2D eigenvalue weighted by atomic mass is 35.5. The number of alkyl halides is 2. The molecule has 232 valence electrons. The first-order valence-corrected chi connectivity index (χ1v) is 17.2. The number of halogens is 3. The number of likely N-dealkylation sites (tertiary alicyclic amines) is 1. The van der Waals surface area contributed by atoms with Gasteiger partial charge in [-0.3, -0.25) is 4.79 Å². The molecular formula is C31H36ClF2N3O4S2. The van der Waals surface area contributed by atoms with E-state index in [2.05, 4.69) is 4.72 Å². The van der Waals surface area contributed by atoms with Crippen molar-refractivity contribution in [3.05, 3.63) is 76.1 Å². The Morgan fingerprint density at radius 1 is 0.977 bits per heavy atom. The summed E-state index contributed by atoms with van der Waals surface area (Å²) in [6.07, 6.45) is 6.37. The summed E-state index contributed by atoms with van der Waals surface area (Å²) in [5.41, 5.74) is 6.93. The molecule has 1 aromatic heterocycles. The first-order valence-electron chi connectivity index (χ1n) is 14.5. The van der Waals surface area contributed by atoms with Gasteiger partial charge in [-0.05, 0) is 61.1 Å². The number of piperidine rings is 1. The van der Waals surface area contributed by atoms with Crippen LogP contribution in [0.2, 0.25) is 5.02 Å². The average Bonchev–Trinajstić information content (AvgIpc) is 3.50. The smallest absolute Gasteiger partial charge is 0.298 e. The molecule has 1 aliphatic heterocycles. The number of carbonyl (C=O) groups excluding carboxylic acids is 1. The highest BCUT2D eigenvalue weighted by Gasteiger charge is 2.50. The number of amides is 1. The summed E-state index contributed by atoms with van der Waals surface area (Å²) < 4.78 is 67.3. The number of benzene rings is 2. The van der Waals surface area contributed by atoms with Gasteiger partial charge in [0.05, 0.1) is 12.7 Å². The Morgan fingerprint density at radius 2 is 1.58 bits per heavy atom. The van der Waals surface area contributed by atoms with Crippen LogP contribution in [0.15, 0.2) is 64.9 Å². The quantitative estimate of drug-likeness (QED) is 0.268. The molecule has 3 aromatic rings. The third-order valence-electron chi connectivity index (χ3n) is 8.10. The van der Waals surface area contributed by atoms with Crippen LogP contribution in [0.25, 0.3) is 11.1 Å². The molecular weight excluding hydrogens is 616 g/mol. The lowest BCUT2D eigenvalue weighted by Crippen LogP contribution is -2.57. The van der Waals surface area contributed by atoms with Gasteiger partial charge in [0.2, 0.25) is 5.91 Å². The molecule has 2 fully saturated rings. The zero-order valence-electron chi connectivity index (χ0n) is 23.7. The molecule has 0 bridgehead atoms. The van der Waals surface area contributed by atoms with Gasteiger partial charge in [0.25, 0.3) is 15.9 Å². The van der Waals surface area contributed by atoms with Crippen LogP contribution >= 0.6 is 22.9 Å². The zero-order chi connectivity index (χ0) is 30.6. The number of hydrogen-bond acceptors (Lipinski definition) is 6. The third-order valence-corrected chi connectivity index (χ3v) is 11.3. The summed E-state index contributed by atoms with van der Waals surface area (Å²) in [4.78, 5) is 15.5. The summed E-state index contributed by atoms with van der Waals surface area (Å²) >= 11 is 6.92. The number of sulfonamides is 1. The van der Waals surface area contributed by atoms with Crippen molar-refractivity contribution in [3.8, 4) is 11.1 Å². The van der Waals surface area contributed by atoms with E-state index in [4.69, 9.17) is 22.1 Å². The Labute approximate surface area is 260 Å².